The lowest BCUT2D eigenvalue weighted by molar-refractivity contribution is 0.250. The smallest absolute Gasteiger partial charge is 0.319 e. The van der Waals surface area contributed by atoms with Crippen molar-refractivity contribution in [2.75, 3.05) is 23.7 Å². The Labute approximate surface area is 162 Å². The van der Waals surface area contributed by atoms with Crippen LogP contribution >= 0.6 is 23.2 Å². The first kappa shape index (κ1) is 19.9. The monoisotopic (exact) mass is 394 g/mol. The second-order valence-electron chi connectivity index (χ2n) is 5.48. The quantitative estimate of drug-likeness (QED) is 0.512. The summed E-state index contributed by atoms with van der Waals surface area (Å²) >= 11 is 11.6. The number of amides is 4. The summed E-state index contributed by atoms with van der Waals surface area (Å²) in [6.45, 7) is 1.03. The first-order valence-electron chi connectivity index (χ1n) is 8.14. The molecule has 138 valence electrons. The van der Waals surface area contributed by atoms with Gasteiger partial charge in [0.15, 0.2) is 0 Å². The van der Waals surface area contributed by atoms with Crippen molar-refractivity contribution in [2.24, 2.45) is 0 Å². The van der Waals surface area contributed by atoms with Gasteiger partial charge >= 0.3 is 12.1 Å². The maximum absolute atomic E-state index is 11.7. The zero-order chi connectivity index (χ0) is 18.8. The Kier molecular flexibility index (Phi) is 8.05. The van der Waals surface area contributed by atoms with E-state index in [4.69, 9.17) is 23.2 Å². The topological polar surface area (TPSA) is 82.3 Å². The van der Waals surface area contributed by atoms with E-state index in [-0.39, 0.29) is 12.1 Å². The van der Waals surface area contributed by atoms with Gasteiger partial charge in [0.2, 0.25) is 0 Å². The highest BCUT2D eigenvalue weighted by atomic mass is 35.5. The van der Waals surface area contributed by atoms with Crippen LogP contribution in [0.25, 0.3) is 0 Å². The Balaban J connectivity index is 1.53. The molecule has 0 unspecified atom stereocenters. The van der Waals surface area contributed by atoms with E-state index in [1.807, 2.05) is 0 Å². The second-order valence-corrected chi connectivity index (χ2v) is 6.36. The number of unbranched alkanes of at least 4 members (excludes halogenated alkanes) is 1. The third-order valence-electron chi connectivity index (χ3n) is 3.38. The summed E-state index contributed by atoms with van der Waals surface area (Å²) < 4.78 is 0. The second kappa shape index (κ2) is 10.5. The van der Waals surface area contributed by atoms with Crippen LogP contribution in [0.2, 0.25) is 10.0 Å². The summed E-state index contributed by atoms with van der Waals surface area (Å²) in [5.74, 6) is 0. The van der Waals surface area contributed by atoms with Crippen molar-refractivity contribution in [3.63, 3.8) is 0 Å². The minimum absolute atomic E-state index is 0.277. The Morgan fingerprint density at radius 2 is 1.00 bits per heavy atom. The number of nitrogens with one attached hydrogen (secondary N) is 4. The molecule has 0 spiro atoms. The van der Waals surface area contributed by atoms with Crippen LogP contribution in [0.4, 0.5) is 21.0 Å². The summed E-state index contributed by atoms with van der Waals surface area (Å²) in [6, 6.07) is 13.2. The molecule has 0 aromatic heterocycles. The number of anilines is 2. The van der Waals surface area contributed by atoms with E-state index in [1.165, 1.54) is 0 Å². The van der Waals surface area contributed by atoms with Crippen molar-refractivity contribution in [1.82, 2.24) is 10.6 Å². The molecule has 0 radical (unpaired) electrons. The third-order valence-corrected chi connectivity index (χ3v) is 3.88. The SMILES string of the molecule is O=C(NCCCCNC(=O)Nc1ccc(Cl)cc1)Nc1ccc(Cl)cc1. The molecule has 0 aliphatic rings. The molecule has 8 heteroatoms. The highest BCUT2D eigenvalue weighted by Crippen LogP contribution is 2.13. The van der Waals surface area contributed by atoms with Gasteiger partial charge in [-0.2, -0.15) is 0 Å². The zero-order valence-electron chi connectivity index (χ0n) is 14.0. The first-order valence-corrected chi connectivity index (χ1v) is 8.89. The number of rotatable bonds is 7. The molecule has 0 aliphatic heterocycles. The average Bonchev–Trinajstić information content (AvgIpc) is 2.62. The predicted molar refractivity (Wildman–Crippen MR) is 106 cm³/mol. The standard InChI is InChI=1S/C18H20Cl2N4O2/c19-13-3-7-15(8-4-13)23-17(25)21-11-1-2-12-22-18(26)24-16-9-5-14(20)6-10-16/h3-10H,1-2,11-12H2,(H2,21,23,25)(H2,22,24,26). The van der Waals surface area contributed by atoms with Crippen LogP contribution in [0.1, 0.15) is 12.8 Å². The molecule has 0 bridgehead atoms. The number of carbonyl (C=O) groups is 2. The fraction of sp³-hybridized carbons (Fsp3) is 0.222. The molecule has 4 amide bonds. The van der Waals surface area contributed by atoms with Gasteiger partial charge in [-0.05, 0) is 61.4 Å². The molecular weight excluding hydrogens is 375 g/mol. The van der Waals surface area contributed by atoms with Gasteiger partial charge in [-0.25, -0.2) is 9.59 Å². The van der Waals surface area contributed by atoms with E-state index in [0.29, 0.717) is 34.5 Å². The molecule has 0 heterocycles. The van der Waals surface area contributed by atoms with Gasteiger partial charge in [-0.15, -0.1) is 0 Å². The average molecular weight is 395 g/mol. The molecular formula is C18H20Cl2N4O2. The molecule has 2 aromatic carbocycles. The molecule has 0 atom stereocenters. The van der Waals surface area contributed by atoms with Gasteiger partial charge in [0.1, 0.15) is 0 Å². The van der Waals surface area contributed by atoms with Crippen LogP contribution in [0.15, 0.2) is 48.5 Å². The Bertz CT molecular complexity index is 657. The number of carbonyl (C=O) groups excluding carboxylic acids is 2. The summed E-state index contributed by atoms with van der Waals surface area (Å²) in [7, 11) is 0. The number of benzene rings is 2. The fourth-order valence-electron chi connectivity index (χ4n) is 2.07. The summed E-state index contributed by atoms with van der Waals surface area (Å²) in [5.41, 5.74) is 1.35. The van der Waals surface area contributed by atoms with E-state index in [2.05, 4.69) is 21.3 Å². The highest BCUT2D eigenvalue weighted by molar-refractivity contribution is 6.30. The van der Waals surface area contributed by atoms with E-state index >= 15 is 0 Å². The lowest BCUT2D eigenvalue weighted by Gasteiger charge is -2.09. The molecule has 0 fully saturated rings. The minimum atomic E-state index is -0.277. The predicted octanol–water partition coefficient (Wildman–Crippen LogP) is 4.72. The van der Waals surface area contributed by atoms with E-state index < -0.39 is 0 Å². The molecule has 2 aromatic rings. The summed E-state index contributed by atoms with van der Waals surface area (Å²) in [4.78, 5) is 23.4. The lowest BCUT2D eigenvalue weighted by atomic mass is 10.3. The largest absolute Gasteiger partial charge is 0.338 e. The lowest BCUT2D eigenvalue weighted by Crippen LogP contribution is -2.31. The van der Waals surface area contributed by atoms with Crippen molar-refractivity contribution in [1.29, 1.82) is 0 Å². The van der Waals surface area contributed by atoms with E-state index in [9.17, 15) is 9.59 Å². The highest BCUT2D eigenvalue weighted by Gasteiger charge is 2.02. The van der Waals surface area contributed by atoms with Crippen molar-refractivity contribution in [3.05, 3.63) is 58.6 Å². The van der Waals surface area contributed by atoms with Crippen LogP contribution < -0.4 is 21.3 Å². The molecule has 0 saturated heterocycles. The van der Waals surface area contributed by atoms with Gasteiger partial charge in [0.25, 0.3) is 0 Å². The molecule has 26 heavy (non-hydrogen) atoms. The summed E-state index contributed by atoms with van der Waals surface area (Å²) in [6.07, 6.45) is 1.49. The van der Waals surface area contributed by atoms with Crippen LogP contribution in [-0.2, 0) is 0 Å². The van der Waals surface area contributed by atoms with Gasteiger partial charge in [0, 0.05) is 34.5 Å². The minimum Gasteiger partial charge on any atom is -0.338 e. The molecule has 0 aliphatic carbocycles. The van der Waals surface area contributed by atoms with E-state index in [1.54, 1.807) is 48.5 Å². The van der Waals surface area contributed by atoms with Gasteiger partial charge in [0.05, 0.1) is 0 Å². The van der Waals surface area contributed by atoms with Crippen molar-refractivity contribution in [2.45, 2.75) is 12.8 Å². The maximum Gasteiger partial charge on any atom is 0.319 e. The fourth-order valence-corrected chi connectivity index (χ4v) is 2.32. The van der Waals surface area contributed by atoms with Crippen LogP contribution in [-0.4, -0.2) is 25.2 Å². The number of halogens is 2. The normalized spacial score (nSPS) is 10.1. The molecule has 0 saturated carbocycles. The Morgan fingerprint density at radius 1 is 0.654 bits per heavy atom. The maximum atomic E-state index is 11.7. The van der Waals surface area contributed by atoms with Crippen molar-refractivity contribution in [3.8, 4) is 0 Å². The van der Waals surface area contributed by atoms with Crippen molar-refractivity contribution >= 4 is 46.6 Å². The molecule has 4 N–H and O–H groups in total. The van der Waals surface area contributed by atoms with Crippen LogP contribution in [0.5, 0.6) is 0 Å². The molecule has 6 nitrogen and oxygen atoms in total. The van der Waals surface area contributed by atoms with Crippen LogP contribution in [0.3, 0.4) is 0 Å². The number of hydrogen-bond donors (Lipinski definition) is 4. The number of hydrogen-bond acceptors (Lipinski definition) is 2. The molecule has 2 rings (SSSR count). The van der Waals surface area contributed by atoms with Crippen LogP contribution in [0, 0.1) is 0 Å². The Hall–Kier alpha value is -2.44. The third kappa shape index (κ3) is 7.63. The van der Waals surface area contributed by atoms with E-state index in [0.717, 1.165) is 12.8 Å². The zero-order valence-corrected chi connectivity index (χ0v) is 15.5. The number of urea groups is 2. The summed E-state index contributed by atoms with van der Waals surface area (Å²) in [5, 5.41) is 12.2. The van der Waals surface area contributed by atoms with Gasteiger partial charge in [-0.1, -0.05) is 23.2 Å². The van der Waals surface area contributed by atoms with Gasteiger partial charge in [-0.3, -0.25) is 0 Å². The van der Waals surface area contributed by atoms with Gasteiger partial charge < -0.3 is 21.3 Å². The first-order chi connectivity index (χ1) is 12.5. The Morgan fingerprint density at radius 3 is 1.35 bits per heavy atom. The van der Waals surface area contributed by atoms with Crippen molar-refractivity contribution < 1.29 is 9.59 Å².